The van der Waals surface area contributed by atoms with Gasteiger partial charge in [0.1, 0.15) is 5.60 Å². The molecule has 0 fully saturated rings. The van der Waals surface area contributed by atoms with Gasteiger partial charge in [0.05, 0.1) is 0 Å². The molecule has 0 aliphatic heterocycles. The Morgan fingerprint density at radius 1 is 0.415 bits per heavy atom. The van der Waals surface area contributed by atoms with Gasteiger partial charge in [-0.15, -0.1) is 0 Å². The van der Waals surface area contributed by atoms with Crippen molar-refractivity contribution in [2.45, 2.75) is 24.9 Å². The third-order valence-electron chi connectivity index (χ3n) is 11.5. The lowest BCUT2D eigenvalue weighted by molar-refractivity contribution is 0.131. The molecule has 0 aromatic heterocycles. The third-order valence-corrected chi connectivity index (χ3v) is 12.0. The van der Waals surface area contributed by atoms with E-state index in [1.807, 2.05) is 18.2 Å². The highest BCUT2D eigenvalue weighted by Crippen LogP contribution is 2.55. The molecule has 0 saturated carbocycles. The Morgan fingerprint density at radius 2 is 0.925 bits per heavy atom. The van der Waals surface area contributed by atoms with Crippen molar-refractivity contribution >= 4 is 43.8 Å². The number of para-hydroxylation sites is 1. The first-order valence-corrected chi connectivity index (χ1v) is 19.0. The van der Waals surface area contributed by atoms with Gasteiger partial charge in [0.15, 0.2) is 0 Å². The van der Waals surface area contributed by atoms with Crippen molar-refractivity contribution in [2.75, 3.05) is 4.90 Å². The van der Waals surface area contributed by atoms with Gasteiger partial charge in [0.2, 0.25) is 0 Å². The molecule has 1 unspecified atom stereocenters. The zero-order valence-electron chi connectivity index (χ0n) is 29.5. The SMILES string of the molecule is CC1(C)c2ccccc2-c2cc(N(c3ccccc3)c3cc(-c4ccccc4C4(O)c5ccccc5-c5cc(Br)ccc54)c4ccccc4c3)ccc21. The number of anilines is 3. The highest BCUT2D eigenvalue weighted by molar-refractivity contribution is 9.10. The Hall–Kier alpha value is -5.74. The van der Waals surface area contributed by atoms with Crippen molar-refractivity contribution in [3.8, 4) is 33.4 Å². The predicted molar refractivity (Wildman–Crippen MR) is 223 cm³/mol. The maximum absolute atomic E-state index is 13.2. The van der Waals surface area contributed by atoms with Gasteiger partial charge >= 0.3 is 0 Å². The van der Waals surface area contributed by atoms with Crippen LogP contribution in [-0.2, 0) is 11.0 Å². The second-order valence-electron chi connectivity index (χ2n) is 14.8. The normalized spacial score (nSPS) is 16.2. The summed E-state index contributed by atoms with van der Waals surface area (Å²) >= 11 is 3.69. The lowest BCUT2D eigenvalue weighted by Crippen LogP contribution is -2.27. The molecule has 8 aromatic rings. The van der Waals surface area contributed by atoms with E-state index in [4.69, 9.17) is 0 Å². The smallest absolute Gasteiger partial charge is 0.142 e. The monoisotopic (exact) mass is 745 g/mol. The van der Waals surface area contributed by atoms with Gasteiger partial charge in [-0.2, -0.15) is 0 Å². The van der Waals surface area contributed by atoms with Crippen molar-refractivity contribution in [1.29, 1.82) is 0 Å². The van der Waals surface area contributed by atoms with Crippen LogP contribution < -0.4 is 4.90 Å². The summed E-state index contributed by atoms with van der Waals surface area (Å²) in [6.45, 7) is 4.65. The van der Waals surface area contributed by atoms with E-state index in [1.54, 1.807) is 0 Å². The molecule has 2 aliphatic rings. The van der Waals surface area contributed by atoms with Gasteiger partial charge in [-0.3, -0.25) is 0 Å². The molecule has 53 heavy (non-hydrogen) atoms. The molecule has 2 nitrogen and oxygen atoms in total. The van der Waals surface area contributed by atoms with Gasteiger partial charge in [-0.25, -0.2) is 0 Å². The van der Waals surface area contributed by atoms with Crippen molar-refractivity contribution in [3.05, 3.63) is 208 Å². The standard InChI is InChI=1S/C50H36BrNO/c1-49(2)44-21-11-8-19-39(44)43-30-35(25-27-45(43)49)52(34-15-4-3-5-16-34)36-28-32-14-6-7-17-37(32)41(31-36)38-18-9-12-22-46(38)50(53)47-23-13-10-20-40(47)42-29-33(51)24-26-48(42)50/h3-31,53H,1-2H3. The van der Waals surface area contributed by atoms with E-state index in [2.05, 4.69) is 192 Å². The van der Waals surface area contributed by atoms with E-state index >= 15 is 0 Å². The fourth-order valence-corrected chi connectivity index (χ4v) is 9.44. The van der Waals surface area contributed by atoms with E-state index in [-0.39, 0.29) is 5.41 Å². The van der Waals surface area contributed by atoms with Crippen LogP contribution in [0.15, 0.2) is 180 Å². The Balaban J connectivity index is 1.22. The van der Waals surface area contributed by atoms with Crippen LogP contribution in [0.2, 0.25) is 0 Å². The molecule has 1 N–H and O–H groups in total. The number of halogens is 1. The molecule has 2 aliphatic carbocycles. The first-order chi connectivity index (χ1) is 25.8. The molecule has 8 aromatic carbocycles. The number of fused-ring (bicyclic) bond motifs is 7. The zero-order valence-corrected chi connectivity index (χ0v) is 31.1. The number of nitrogens with zero attached hydrogens (tertiary/aromatic N) is 1. The number of hydrogen-bond acceptors (Lipinski definition) is 2. The Labute approximate surface area is 318 Å². The topological polar surface area (TPSA) is 23.5 Å². The number of aliphatic hydroxyl groups is 1. The molecule has 0 spiro atoms. The predicted octanol–water partition coefficient (Wildman–Crippen LogP) is 13.3. The molecule has 1 atom stereocenters. The van der Waals surface area contributed by atoms with Crippen LogP contribution in [0.5, 0.6) is 0 Å². The largest absolute Gasteiger partial charge is 0.376 e. The minimum atomic E-state index is -1.35. The highest BCUT2D eigenvalue weighted by atomic mass is 79.9. The Bertz CT molecular complexity index is 2750. The van der Waals surface area contributed by atoms with Crippen LogP contribution in [0.1, 0.15) is 41.7 Å². The van der Waals surface area contributed by atoms with E-state index in [0.29, 0.717) is 0 Å². The van der Waals surface area contributed by atoms with E-state index in [1.165, 1.54) is 22.3 Å². The lowest BCUT2D eigenvalue weighted by atomic mass is 9.79. The van der Waals surface area contributed by atoms with Gasteiger partial charge in [0, 0.05) is 43.6 Å². The van der Waals surface area contributed by atoms with Crippen molar-refractivity contribution in [2.24, 2.45) is 0 Å². The summed E-state index contributed by atoms with van der Waals surface area (Å²) in [5.74, 6) is 0. The third kappa shape index (κ3) is 4.74. The summed E-state index contributed by atoms with van der Waals surface area (Å²) < 4.78 is 0.988. The molecule has 254 valence electrons. The molecule has 0 heterocycles. The molecule has 10 rings (SSSR count). The fourth-order valence-electron chi connectivity index (χ4n) is 9.08. The first-order valence-electron chi connectivity index (χ1n) is 18.2. The summed E-state index contributed by atoms with van der Waals surface area (Å²) in [7, 11) is 0. The maximum atomic E-state index is 13.2. The van der Waals surface area contributed by atoms with Crippen molar-refractivity contribution < 1.29 is 5.11 Å². The maximum Gasteiger partial charge on any atom is 0.142 e. The number of benzene rings is 8. The average Bonchev–Trinajstić information content (AvgIpc) is 3.59. The number of hydrogen-bond donors (Lipinski definition) is 1. The molecule has 0 radical (unpaired) electrons. The van der Waals surface area contributed by atoms with E-state index in [0.717, 1.165) is 71.3 Å². The number of rotatable bonds is 5. The fraction of sp³-hybridized carbons (Fsp3) is 0.0800. The van der Waals surface area contributed by atoms with Crippen LogP contribution in [0.25, 0.3) is 44.2 Å². The van der Waals surface area contributed by atoms with Gasteiger partial charge in [-0.1, -0.05) is 157 Å². The molecular weight excluding hydrogens is 710 g/mol. The van der Waals surface area contributed by atoms with Crippen LogP contribution in [0, 0.1) is 0 Å². The minimum absolute atomic E-state index is 0.0737. The molecule has 0 saturated heterocycles. The van der Waals surface area contributed by atoms with Crippen LogP contribution in [0.3, 0.4) is 0 Å². The first kappa shape index (κ1) is 32.0. The van der Waals surface area contributed by atoms with E-state index in [9.17, 15) is 5.11 Å². The zero-order chi connectivity index (χ0) is 35.9. The lowest BCUT2D eigenvalue weighted by Gasteiger charge is -2.30. The Kier molecular flexibility index (Phi) is 7.17. The van der Waals surface area contributed by atoms with Crippen LogP contribution >= 0.6 is 15.9 Å². The van der Waals surface area contributed by atoms with E-state index < -0.39 is 5.60 Å². The molecular formula is C50H36BrNO. The van der Waals surface area contributed by atoms with Gasteiger partial charge < -0.3 is 10.0 Å². The summed E-state index contributed by atoms with van der Waals surface area (Å²) in [5, 5.41) is 15.5. The van der Waals surface area contributed by atoms with Crippen molar-refractivity contribution in [3.63, 3.8) is 0 Å². The molecule has 0 amide bonds. The minimum Gasteiger partial charge on any atom is -0.376 e. The quantitative estimate of drug-likeness (QED) is 0.190. The van der Waals surface area contributed by atoms with Crippen molar-refractivity contribution in [1.82, 2.24) is 0 Å². The van der Waals surface area contributed by atoms with Crippen LogP contribution in [0.4, 0.5) is 17.1 Å². The van der Waals surface area contributed by atoms with Gasteiger partial charge in [0.25, 0.3) is 0 Å². The van der Waals surface area contributed by atoms with Crippen LogP contribution in [-0.4, -0.2) is 5.11 Å². The average molecular weight is 747 g/mol. The summed E-state index contributed by atoms with van der Waals surface area (Å²) in [6, 6.07) is 62.5. The summed E-state index contributed by atoms with van der Waals surface area (Å²) in [6.07, 6.45) is 0. The second-order valence-corrected chi connectivity index (χ2v) is 15.7. The summed E-state index contributed by atoms with van der Waals surface area (Å²) in [4.78, 5) is 2.37. The second kappa shape index (κ2) is 11.9. The highest BCUT2D eigenvalue weighted by Gasteiger charge is 2.44. The summed E-state index contributed by atoms with van der Waals surface area (Å²) in [5.41, 5.74) is 13.9. The van der Waals surface area contributed by atoms with Gasteiger partial charge in [-0.05, 0) is 104 Å². The molecule has 0 bridgehead atoms. The Morgan fingerprint density at radius 3 is 1.66 bits per heavy atom. The molecule has 3 heteroatoms.